The van der Waals surface area contributed by atoms with Gasteiger partial charge >= 0.3 is 10.1 Å². The van der Waals surface area contributed by atoms with Crippen LogP contribution in [0.1, 0.15) is 5.56 Å². The topological polar surface area (TPSA) is 149 Å². The van der Waals surface area contributed by atoms with Gasteiger partial charge in [0.1, 0.15) is 16.5 Å². The van der Waals surface area contributed by atoms with E-state index in [9.17, 15) is 28.6 Å². The minimum absolute atomic E-state index is 0.0221. The Balaban J connectivity index is 1.87. The number of nitriles is 1. The van der Waals surface area contributed by atoms with Gasteiger partial charge in [0.05, 0.1) is 25.2 Å². The maximum absolute atomic E-state index is 12.6. The highest BCUT2D eigenvalue weighted by Crippen LogP contribution is 2.32. The van der Waals surface area contributed by atoms with Gasteiger partial charge in [0.15, 0.2) is 11.5 Å². The Morgan fingerprint density at radius 3 is 2.58 bits per heavy atom. The van der Waals surface area contributed by atoms with E-state index in [1.54, 1.807) is 0 Å². The molecule has 1 heterocycles. The fourth-order valence-corrected chi connectivity index (χ4v) is 3.99. The number of nitro groups is 1. The number of hydrogen-bond acceptors (Lipinski definition) is 9. The molecule has 0 unspecified atom stereocenters. The zero-order valence-corrected chi connectivity index (χ0v) is 18.3. The summed E-state index contributed by atoms with van der Waals surface area (Å²) in [5.41, 5.74) is -0.0944. The van der Waals surface area contributed by atoms with Crippen molar-refractivity contribution >= 4 is 27.8 Å². The standard InChI is InChI=1S/C21H19N3O8S/c1-30-20-12-15(11-16(14-22)21(25)23-7-9-31-10-8-23)5-6-19(20)32-33(28,29)18-4-2-3-17(13-18)24(26)27/h2-6,11-13H,7-10H2,1H3/b16-11+. The Kier molecular flexibility index (Phi) is 7.27. The highest BCUT2D eigenvalue weighted by molar-refractivity contribution is 7.87. The van der Waals surface area contributed by atoms with Crippen molar-refractivity contribution in [3.8, 4) is 17.6 Å². The van der Waals surface area contributed by atoms with Gasteiger partial charge in [0, 0.05) is 25.2 Å². The van der Waals surface area contributed by atoms with E-state index >= 15 is 0 Å². The third kappa shape index (κ3) is 5.65. The first-order valence-electron chi connectivity index (χ1n) is 9.61. The predicted molar refractivity (Wildman–Crippen MR) is 115 cm³/mol. The molecule has 1 fully saturated rings. The van der Waals surface area contributed by atoms with Crippen molar-refractivity contribution in [1.82, 2.24) is 4.90 Å². The minimum Gasteiger partial charge on any atom is -0.493 e. The number of hydrogen-bond donors (Lipinski definition) is 0. The molecule has 1 aliphatic rings. The summed E-state index contributed by atoms with van der Waals surface area (Å²) in [6.45, 7) is 1.54. The van der Waals surface area contributed by atoms with Crippen LogP contribution in [0, 0.1) is 21.4 Å². The third-order valence-electron chi connectivity index (χ3n) is 4.66. The second-order valence-corrected chi connectivity index (χ2v) is 8.32. The van der Waals surface area contributed by atoms with Crippen LogP contribution in [0.2, 0.25) is 0 Å². The quantitative estimate of drug-likeness (QED) is 0.194. The van der Waals surface area contributed by atoms with Crippen molar-refractivity contribution in [3.05, 3.63) is 63.7 Å². The normalized spacial score (nSPS) is 14.3. The van der Waals surface area contributed by atoms with Crippen molar-refractivity contribution in [2.75, 3.05) is 33.4 Å². The van der Waals surface area contributed by atoms with Crippen molar-refractivity contribution in [1.29, 1.82) is 5.26 Å². The van der Waals surface area contributed by atoms with Crippen LogP contribution in [0.25, 0.3) is 6.08 Å². The van der Waals surface area contributed by atoms with Gasteiger partial charge in [-0.3, -0.25) is 14.9 Å². The van der Waals surface area contributed by atoms with Crippen molar-refractivity contribution in [2.24, 2.45) is 0 Å². The average Bonchev–Trinajstić information content (AvgIpc) is 2.83. The smallest absolute Gasteiger partial charge is 0.339 e. The molecule has 3 rings (SSSR count). The highest BCUT2D eigenvalue weighted by atomic mass is 32.2. The summed E-state index contributed by atoms with van der Waals surface area (Å²) < 4.78 is 40.7. The molecule has 11 nitrogen and oxygen atoms in total. The fourth-order valence-electron chi connectivity index (χ4n) is 3.01. The number of benzene rings is 2. The summed E-state index contributed by atoms with van der Waals surface area (Å²) in [5, 5.41) is 20.4. The van der Waals surface area contributed by atoms with Gasteiger partial charge in [-0.1, -0.05) is 12.1 Å². The number of non-ortho nitro benzene ring substituents is 1. The van der Waals surface area contributed by atoms with E-state index in [0.717, 1.165) is 12.1 Å². The van der Waals surface area contributed by atoms with E-state index in [2.05, 4.69) is 0 Å². The monoisotopic (exact) mass is 473 g/mol. The first-order valence-corrected chi connectivity index (χ1v) is 11.0. The van der Waals surface area contributed by atoms with E-state index in [1.807, 2.05) is 6.07 Å². The van der Waals surface area contributed by atoms with Crippen molar-refractivity contribution in [2.45, 2.75) is 4.90 Å². The largest absolute Gasteiger partial charge is 0.493 e. The molecule has 0 radical (unpaired) electrons. The van der Waals surface area contributed by atoms with Gasteiger partial charge in [-0.05, 0) is 29.8 Å². The molecular formula is C21H19N3O8S. The maximum atomic E-state index is 12.6. The maximum Gasteiger partial charge on any atom is 0.339 e. The third-order valence-corrected chi connectivity index (χ3v) is 5.89. The SMILES string of the molecule is COc1cc(/C=C(\C#N)C(=O)N2CCOCC2)ccc1OS(=O)(=O)c1cccc([N+](=O)[O-])c1. The number of nitro benzene ring substituents is 1. The van der Waals surface area contributed by atoms with Crippen LogP contribution < -0.4 is 8.92 Å². The average molecular weight is 473 g/mol. The van der Waals surface area contributed by atoms with Crippen molar-refractivity contribution < 1.29 is 31.8 Å². The first-order chi connectivity index (χ1) is 15.7. The summed E-state index contributed by atoms with van der Waals surface area (Å²) in [4.78, 5) is 23.9. The molecule has 1 aliphatic heterocycles. The van der Waals surface area contributed by atoms with E-state index in [0.29, 0.717) is 31.9 Å². The lowest BCUT2D eigenvalue weighted by Crippen LogP contribution is -2.41. The van der Waals surface area contributed by atoms with Gasteiger partial charge in [-0.25, -0.2) is 0 Å². The molecule has 33 heavy (non-hydrogen) atoms. The van der Waals surface area contributed by atoms with E-state index in [-0.39, 0.29) is 17.1 Å². The van der Waals surface area contributed by atoms with Crippen molar-refractivity contribution in [3.63, 3.8) is 0 Å². The number of morpholine rings is 1. The molecule has 12 heteroatoms. The Morgan fingerprint density at radius 2 is 1.94 bits per heavy atom. The fraction of sp³-hybridized carbons (Fsp3) is 0.238. The molecule has 0 spiro atoms. The lowest BCUT2D eigenvalue weighted by atomic mass is 10.1. The van der Waals surface area contributed by atoms with Crippen LogP contribution in [-0.4, -0.2) is 57.6 Å². The molecule has 0 saturated carbocycles. The lowest BCUT2D eigenvalue weighted by molar-refractivity contribution is -0.385. The van der Waals surface area contributed by atoms with Crippen LogP contribution in [0.15, 0.2) is 52.9 Å². The van der Waals surface area contributed by atoms with E-state index < -0.39 is 31.5 Å². The molecule has 0 atom stereocenters. The number of carbonyl (C=O) groups is 1. The first kappa shape index (κ1) is 23.7. The van der Waals surface area contributed by atoms with Gasteiger partial charge in [0.2, 0.25) is 0 Å². The van der Waals surface area contributed by atoms with Crippen LogP contribution in [0.4, 0.5) is 5.69 Å². The molecule has 0 N–H and O–H groups in total. The second kappa shape index (κ2) is 10.1. The Hall–Kier alpha value is -3.95. The van der Waals surface area contributed by atoms with Crippen LogP contribution in [0.3, 0.4) is 0 Å². The van der Waals surface area contributed by atoms with Gasteiger partial charge < -0.3 is 18.6 Å². The van der Waals surface area contributed by atoms with E-state index in [4.69, 9.17) is 13.7 Å². The highest BCUT2D eigenvalue weighted by Gasteiger charge is 2.23. The number of amides is 1. The molecule has 0 bridgehead atoms. The summed E-state index contributed by atoms with van der Waals surface area (Å²) in [5.74, 6) is -0.582. The number of methoxy groups -OCH3 is 1. The van der Waals surface area contributed by atoms with Crippen LogP contribution in [-0.2, 0) is 19.6 Å². The summed E-state index contributed by atoms with van der Waals surface area (Å²) in [6.07, 6.45) is 1.36. The van der Waals surface area contributed by atoms with Gasteiger partial charge in [-0.15, -0.1) is 0 Å². The molecule has 2 aromatic rings. The molecule has 1 saturated heterocycles. The molecule has 0 aromatic heterocycles. The van der Waals surface area contributed by atoms with Crippen LogP contribution in [0.5, 0.6) is 11.5 Å². The zero-order valence-electron chi connectivity index (χ0n) is 17.5. The molecule has 0 aliphatic carbocycles. The number of carbonyl (C=O) groups excluding carboxylic acids is 1. The van der Waals surface area contributed by atoms with Gasteiger partial charge in [-0.2, -0.15) is 13.7 Å². The lowest BCUT2D eigenvalue weighted by Gasteiger charge is -2.26. The summed E-state index contributed by atoms with van der Waals surface area (Å²) >= 11 is 0. The Bertz CT molecular complexity index is 1240. The van der Waals surface area contributed by atoms with Crippen LogP contribution >= 0.6 is 0 Å². The number of rotatable bonds is 7. The molecule has 172 valence electrons. The predicted octanol–water partition coefficient (Wildman–Crippen LogP) is 2.14. The summed E-state index contributed by atoms with van der Waals surface area (Å²) in [7, 11) is -3.10. The van der Waals surface area contributed by atoms with E-state index in [1.165, 1.54) is 48.4 Å². The molecule has 2 aromatic carbocycles. The van der Waals surface area contributed by atoms with Gasteiger partial charge in [0.25, 0.3) is 11.6 Å². The summed E-state index contributed by atoms with van der Waals surface area (Å²) in [6, 6.07) is 10.5. The zero-order chi connectivity index (χ0) is 24.0. The molecule has 1 amide bonds. The Labute approximate surface area is 189 Å². The Morgan fingerprint density at radius 1 is 1.21 bits per heavy atom. The second-order valence-electron chi connectivity index (χ2n) is 6.78. The molecular weight excluding hydrogens is 454 g/mol. The number of ether oxygens (including phenoxy) is 2. The number of nitrogens with zero attached hydrogens (tertiary/aromatic N) is 3. The minimum atomic E-state index is -4.40.